The Bertz CT molecular complexity index is 239. The van der Waals surface area contributed by atoms with Gasteiger partial charge in [0.25, 0.3) is 0 Å². The molecule has 0 aromatic carbocycles. The Morgan fingerprint density at radius 3 is 1.62 bits per heavy atom. The number of rotatable bonds is 0. The summed E-state index contributed by atoms with van der Waals surface area (Å²) in [4.78, 5) is 22.7. The molecular formula is C11H16O2. The molecule has 3 atom stereocenters. The third-order valence-corrected chi connectivity index (χ3v) is 4.08. The molecule has 0 N–H and O–H groups in total. The predicted octanol–water partition coefficient (Wildman–Crippen LogP) is 1.97. The second-order valence-corrected chi connectivity index (χ2v) is 4.87. The Morgan fingerprint density at radius 2 is 1.38 bits per heavy atom. The van der Waals surface area contributed by atoms with Gasteiger partial charge in [0.15, 0.2) is 0 Å². The highest BCUT2D eigenvalue weighted by molar-refractivity contribution is 5.87. The van der Waals surface area contributed by atoms with Crippen LogP contribution in [0.15, 0.2) is 0 Å². The van der Waals surface area contributed by atoms with Gasteiger partial charge in [-0.3, -0.25) is 9.59 Å². The molecular weight excluding hydrogens is 164 g/mol. The third-order valence-electron chi connectivity index (χ3n) is 4.08. The van der Waals surface area contributed by atoms with E-state index < -0.39 is 0 Å². The third kappa shape index (κ3) is 1.15. The monoisotopic (exact) mass is 180 g/mol. The first-order valence-electron chi connectivity index (χ1n) is 5.08. The fourth-order valence-corrected chi connectivity index (χ4v) is 3.21. The fraction of sp³-hybridized carbons (Fsp3) is 0.818. The summed E-state index contributed by atoms with van der Waals surface area (Å²) in [5, 5.41) is 0. The Kier molecular flexibility index (Phi) is 1.83. The highest BCUT2D eigenvalue weighted by Gasteiger charge is 2.52. The Labute approximate surface area is 78.7 Å². The van der Waals surface area contributed by atoms with Crippen molar-refractivity contribution in [2.75, 3.05) is 0 Å². The van der Waals surface area contributed by atoms with Crippen LogP contribution in [0.3, 0.4) is 0 Å². The molecule has 0 aromatic rings. The lowest BCUT2D eigenvalue weighted by atomic mass is 9.71. The number of hydrogen-bond acceptors (Lipinski definition) is 2. The lowest BCUT2D eigenvalue weighted by Gasteiger charge is -2.31. The van der Waals surface area contributed by atoms with E-state index >= 15 is 0 Å². The molecule has 1 unspecified atom stereocenters. The van der Waals surface area contributed by atoms with Crippen molar-refractivity contribution in [3.63, 3.8) is 0 Å². The smallest absolute Gasteiger partial charge is 0.133 e. The summed E-state index contributed by atoms with van der Waals surface area (Å²) < 4.78 is 0. The zero-order valence-corrected chi connectivity index (χ0v) is 8.30. The summed E-state index contributed by atoms with van der Waals surface area (Å²) >= 11 is 0. The van der Waals surface area contributed by atoms with Crippen molar-refractivity contribution in [1.82, 2.24) is 0 Å². The van der Waals surface area contributed by atoms with Gasteiger partial charge >= 0.3 is 0 Å². The van der Waals surface area contributed by atoms with Crippen LogP contribution in [0.4, 0.5) is 0 Å². The highest BCUT2D eigenvalue weighted by Crippen LogP contribution is 2.54. The Hall–Kier alpha value is -0.660. The molecule has 0 bridgehead atoms. The topological polar surface area (TPSA) is 34.1 Å². The first-order valence-corrected chi connectivity index (χ1v) is 5.08. The average Bonchev–Trinajstić information content (AvgIpc) is 2.40. The first kappa shape index (κ1) is 8.92. The van der Waals surface area contributed by atoms with Gasteiger partial charge in [0, 0.05) is 25.7 Å². The van der Waals surface area contributed by atoms with Crippen molar-refractivity contribution in [1.29, 1.82) is 0 Å². The molecule has 13 heavy (non-hydrogen) atoms. The van der Waals surface area contributed by atoms with Gasteiger partial charge in [-0.25, -0.2) is 0 Å². The molecule has 1 spiro atoms. The minimum Gasteiger partial charge on any atom is -0.300 e. The van der Waals surface area contributed by atoms with Gasteiger partial charge in [0.05, 0.1) is 0 Å². The molecule has 0 saturated heterocycles. The number of hydrogen-bond donors (Lipinski definition) is 0. The molecule has 0 aromatic heterocycles. The SMILES string of the molecule is C[C@@H]1CC(=O)CC12CC(=O)C[C@@H]2C. The summed E-state index contributed by atoms with van der Waals surface area (Å²) in [5.74, 6) is 1.55. The van der Waals surface area contributed by atoms with Gasteiger partial charge < -0.3 is 0 Å². The largest absolute Gasteiger partial charge is 0.300 e. The predicted molar refractivity (Wildman–Crippen MR) is 49.2 cm³/mol. The van der Waals surface area contributed by atoms with Crippen LogP contribution in [0.1, 0.15) is 39.5 Å². The zero-order valence-electron chi connectivity index (χ0n) is 8.30. The van der Waals surface area contributed by atoms with Crippen LogP contribution in [0.2, 0.25) is 0 Å². The summed E-state index contributed by atoms with van der Waals surface area (Å²) in [7, 11) is 0. The molecule has 2 heteroatoms. The standard InChI is InChI=1S/C11H16O2/c1-7-3-9(12)5-11(7)6-10(13)4-8(11)2/h7-8H,3-6H2,1-2H3/t7-,8+,11?. The van der Waals surface area contributed by atoms with Crippen LogP contribution in [-0.4, -0.2) is 11.6 Å². The van der Waals surface area contributed by atoms with Crippen molar-refractivity contribution < 1.29 is 9.59 Å². The molecule has 2 aliphatic carbocycles. The van der Waals surface area contributed by atoms with Crippen molar-refractivity contribution in [2.45, 2.75) is 39.5 Å². The second-order valence-electron chi connectivity index (χ2n) is 4.87. The summed E-state index contributed by atoms with van der Waals surface area (Å²) in [6.07, 6.45) is 2.69. The molecule has 2 saturated carbocycles. The summed E-state index contributed by atoms with van der Waals surface area (Å²) in [6.45, 7) is 4.25. The summed E-state index contributed by atoms with van der Waals surface area (Å²) in [5.41, 5.74) is 0.0498. The summed E-state index contributed by atoms with van der Waals surface area (Å²) in [6, 6.07) is 0. The molecule has 0 heterocycles. The van der Waals surface area contributed by atoms with Crippen molar-refractivity contribution in [3.8, 4) is 0 Å². The number of Topliss-reactive ketones (excluding diaryl/α,β-unsaturated/α-hetero) is 2. The van der Waals surface area contributed by atoms with E-state index in [4.69, 9.17) is 0 Å². The lowest BCUT2D eigenvalue weighted by molar-refractivity contribution is -0.118. The van der Waals surface area contributed by atoms with Crippen LogP contribution in [-0.2, 0) is 9.59 Å². The maximum atomic E-state index is 11.4. The average molecular weight is 180 g/mol. The molecule has 2 rings (SSSR count). The van der Waals surface area contributed by atoms with Gasteiger partial charge in [0.2, 0.25) is 0 Å². The maximum absolute atomic E-state index is 11.4. The van der Waals surface area contributed by atoms with Crippen LogP contribution in [0.5, 0.6) is 0 Å². The van der Waals surface area contributed by atoms with E-state index in [9.17, 15) is 9.59 Å². The van der Waals surface area contributed by atoms with Gasteiger partial charge in [-0.1, -0.05) is 13.8 Å². The van der Waals surface area contributed by atoms with Gasteiger partial charge in [0.1, 0.15) is 11.6 Å². The van der Waals surface area contributed by atoms with Gasteiger partial charge in [-0.2, -0.15) is 0 Å². The Balaban J connectivity index is 2.29. The number of carbonyl (C=O) groups excluding carboxylic acids is 2. The Morgan fingerprint density at radius 1 is 1.00 bits per heavy atom. The van der Waals surface area contributed by atoms with Gasteiger partial charge in [-0.05, 0) is 17.3 Å². The number of carbonyl (C=O) groups is 2. The highest BCUT2D eigenvalue weighted by atomic mass is 16.1. The molecule has 2 aliphatic rings. The van der Waals surface area contributed by atoms with E-state index in [1.165, 1.54) is 0 Å². The molecule has 0 aliphatic heterocycles. The second kappa shape index (κ2) is 2.66. The molecule has 2 fully saturated rings. The fourth-order valence-electron chi connectivity index (χ4n) is 3.21. The van der Waals surface area contributed by atoms with Crippen LogP contribution in [0, 0.1) is 17.3 Å². The minimum atomic E-state index is 0.0498. The van der Waals surface area contributed by atoms with Crippen LogP contribution in [0.25, 0.3) is 0 Å². The van der Waals surface area contributed by atoms with E-state index in [1.807, 2.05) is 0 Å². The van der Waals surface area contributed by atoms with Crippen molar-refractivity contribution in [2.24, 2.45) is 17.3 Å². The van der Waals surface area contributed by atoms with E-state index in [0.717, 1.165) is 0 Å². The van der Waals surface area contributed by atoms with E-state index in [-0.39, 0.29) is 5.41 Å². The maximum Gasteiger partial charge on any atom is 0.133 e. The molecule has 0 radical (unpaired) electrons. The number of ketones is 2. The lowest BCUT2D eigenvalue weighted by Crippen LogP contribution is -2.26. The molecule has 0 amide bonds. The zero-order chi connectivity index (χ0) is 9.64. The molecule has 2 nitrogen and oxygen atoms in total. The van der Waals surface area contributed by atoms with E-state index in [1.54, 1.807) is 0 Å². The van der Waals surface area contributed by atoms with Crippen molar-refractivity contribution >= 4 is 11.6 Å². The molecule has 72 valence electrons. The minimum absolute atomic E-state index is 0.0498. The van der Waals surface area contributed by atoms with E-state index in [2.05, 4.69) is 13.8 Å². The normalized spacial score (nSPS) is 45.1. The van der Waals surface area contributed by atoms with Crippen molar-refractivity contribution in [3.05, 3.63) is 0 Å². The van der Waals surface area contributed by atoms with Gasteiger partial charge in [-0.15, -0.1) is 0 Å². The first-order chi connectivity index (χ1) is 6.04. The van der Waals surface area contributed by atoms with E-state index in [0.29, 0.717) is 49.1 Å². The quantitative estimate of drug-likeness (QED) is 0.571. The van der Waals surface area contributed by atoms with Crippen LogP contribution < -0.4 is 0 Å². The van der Waals surface area contributed by atoms with Crippen LogP contribution >= 0.6 is 0 Å².